The van der Waals surface area contributed by atoms with Crippen molar-refractivity contribution in [3.05, 3.63) is 64.9 Å². The molecule has 0 heterocycles. The number of ether oxygens (including phenoxy) is 1. The summed E-state index contributed by atoms with van der Waals surface area (Å²) in [6.45, 7) is 14.7. The summed E-state index contributed by atoms with van der Waals surface area (Å²) in [6.07, 6.45) is 6.04. The molecule has 1 aromatic rings. The number of allylic oxidation sites excluding steroid dienone is 3. The van der Waals surface area contributed by atoms with Gasteiger partial charge in [-0.05, 0) is 50.5 Å². The third-order valence-electron chi connectivity index (χ3n) is 3.57. The normalized spacial score (nSPS) is 11.8. The average Bonchev–Trinajstić information content (AvgIpc) is 2.48. The number of anilines is 1. The van der Waals surface area contributed by atoms with Crippen LogP contribution in [-0.2, 0) is 4.74 Å². The number of benzene rings is 1. The van der Waals surface area contributed by atoms with Gasteiger partial charge in [0.25, 0.3) is 0 Å². The van der Waals surface area contributed by atoms with Gasteiger partial charge < -0.3 is 15.4 Å². The molecule has 0 fully saturated rings. The van der Waals surface area contributed by atoms with Crippen LogP contribution in [0.25, 0.3) is 0 Å². The summed E-state index contributed by atoms with van der Waals surface area (Å²) in [4.78, 5) is 0. The van der Waals surface area contributed by atoms with Gasteiger partial charge in [0.05, 0.1) is 6.61 Å². The molecule has 0 aliphatic carbocycles. The number of hydrogen-bond acceptors (Lipinski definition) is 3. The molecule has 0 aromatic heterocycles. The van der Waals surface area contributed by atoms with Gasteiger partial charge in [0.2, 0.25) is 0 Å². The Hall–Kier alpha value is -2.00. The minimum atomic E-state index is 0.528. The molecule has 3 heteroatoms. The summed E-state index contributed by atoms with van der Waals surface area (Å²) in [5, 5.41) is 6.95. The van der Waals surface area contributed by atoms with Crippen molar-refractivity contribution in [1.29, 1.82) is 0 Å². The lowest BCUT2D eigenvalue weighted by Gasteiger charge is -2.16. The standard InChI is InChI=1S/C20H30N2O/c1-7-8-9-19(18(5)14-23-6)21-10-11-22-20-16(3)12-15(2)13-17(20)4/h7-9,12-13,21-22H,5,10-11,14H2,1-4,6H3/b8-7-,19-9+. The molecule has 0 saturated carbocycles. The minimum absolute atomic E-state index is 0.528. The van der Waals surface area contributed by atoms with Crippen molar-refractivity contribution in [2.45, 2.75) is 27.7 Å². The van der Waals surface area contributed by atoms with Crippen molar-refractivity contribution in [3.8, 4) is 0 Å². The monoisotopic (exact) mass is 314 g/mol. The van der Waals surface area contributed by atoms with E-state index in [0.29, 0.717) is 6.61 Å². The third-order valence-corrected chi connectivity index (χ3v) is 3.57. The van der Waals surface area contributed by atoms with Crippen molar-refractivity contribution >= 4 is 5.69 Å². The lowest BCUT2D eigenvalue weighted by Crippen LogP contribution is -2.24. The molecule has 3 nitrogen and oxygen atoms in total. The molecular formula is C20H30N2O. The molecule has 0 atom stereocenters. The van der Waals surface area contributed by atoms with Crippen LogP contribution in [0.5, 0.6) is 0 Å². The van der Waals surface area contributed by atoms with E-state index < -0.39 is 0 Å². The van der Waals surface area contributed by atoms with Crippen molar-refractivity contribution in [1.82, 2.24) is 5.32 Å². The number of hydrogen-bond donors (Lipinski definition) is 2. The van der Waals surface area contributed by atoms with Crippen LogP contribution in [0.2, 0.25) is 0 Å². The molecule has 0 bridgehead atoms. The number of nitrogens with one attached hydrogen (secondary N) is 2. The fraction of sp³-hybridized carbons (Fsp3) is 0.400. The molecule has 0 amide bonds. The zero-order chi connectivity index (χ0) is 17.2. The van der Waals surface area contributed by atoms with Crippen LogP contribution >= 0.6 is 0 Å². The van der Waals surface area contributed by atoms with Crippen molar-refractivity contribution in [2.24, 2.45) is 0 Å². The Bertz CT molecular complexity index is 562. The van der Waals surface area contributed by atoms with E-state index in [0.717, 1.165) is 24.4 Å². The highest BCUT2D eigenvalue weighted by molar-refractivity contribution is 5.58. The number of rotatable bonds is 9. The molecule has 126 valence electrons. The van der Waals surface area contributed by atoms with E-state index in [1.165, 1.54) is 22.4 Å². The van der Waals surface area contributed by atoms with Crippen molar-refractivity contribution < 1.29 is 4.74 Å². The van der Waals surface area contributed by atoms with Gasteiger partial charge in [-0.1, -0.05) is 36.4 Å². The van der Waals surface area contributed by atoms with Crippen LogP contribution in [0.1, 0.15) is 23.6 Å². The summed E-state index contributed by atoms with van der Waals surface area (Å²) in [5.41, 5.74) is 7.08. The molecule has 23 heavy (non-hydrogen) atoms. The van der Waals surface area contributed by atoms with E-state index in [2.05, 4.69) is 50.1 Å². The van der Waals surface area contributed by atoms with Crippen LogP contribution in [0.4, 0.5) is 5.69 Å². The summed E-state index contributed by atoms with van der Waals surface area (Å²) < 4.78 is 5.16. The molecule has 0 saturated heterocycles. The van der Waals surface area contributed by atoms with Gasteiger partial charge in [-0.3, -0.25) is 0 Å². The summed E-state index contributed by atoms with van der Waals surface area (Å²) in [5.74, 6) is 0. The zero-order valence-electron chi connectivity index (χ0n) is 15.1. The molecular weight excluding hydrogens is 284 g/mol. The van der Waals surface area contributed by atoms with Gasteiger partial charge in [-0.15, -0.1) is 0 Å². The molecule has 0 aliphatic heterocycles. The molecule has 0 radical (unpaired) electrons. The largest absolute Gasteiger partial charge is 0.383 e. The first-order valence-corrected chi connectivity index (χ1v) is 8.05. The molecule has 1 rings (SSSR count). The summed E-state index contributed by atoms with van der Waals surface area (Å²) in [7, 11) is 1.68. The fourth-order valence-corrected chi connectivity index (χ4v) is 2.59. The van der Waals surface area contributed by atoms with Gasteiger partial charge in [-0.25, -0.2) is 0 Å². The molecule has 0 aliphatic rings. The number of aryl methyl sites for hydroxylation is 3. The second-order valence-electron chi connectivity index (χ2n) is 5.77. The predicted molar refractivity (Wildman–Crippen MR) is 101 cm³/mol. The maximum atomic E-state index is 5.16. The highest BCUT2D eigenvalue weighted by Crippen LogP contribution is 2.21. The molecule has 2 N–H and O–H groups in total. The van der Waals surface area contributed by atoms with E-state index in [1.807, 2.05) is 25.2 Å². The van der Waals surface area contributed by atoms with E-state index in [4.69, 9.17) is 4.74 Å². The van der Waals surface area contributed by atoms with Gasteiger partial charge in [0.15, 0.2) is 0 Å². The maximum absolute atomic E-state index is 5.16. The third kappa shape index (κ3) is 6.33. The SMILES string of the molecule is C=C(COC)/C(=C\C=C/C)NCCNc1c(C)cc(C)cc1C. The van der Waals surface area contributed by atoms with Gasteiger partial charge in [0.1, 0.15) is 0 Å². The van der Waals surface area contributed by atoms with Crippen LogP contribution in [0.15, 0.2) is 48.2 Å². The first kappa shape index (κ1) is 19.0. The average molecular weight is 314 g/mol. The highest BCUT2D eigenvalue weighted by atomic mass is 16.5. The first-order valence-electron chi connectivity index (χ1n) is 8.05. The smallest absolute Gasteiger partial charge is 0.0727 e. The Labute approximate surface area is 141 Å². The van der Waals surface area contributed by atoms with Gasteiger partial charge >= 0.3 is 0 Å². The van der Waals surface area contributed by atoms with Crippen LogP contribution in [0.3, 0.4) is 0 Å². The Balaban J connectivity index is 2.59. The van der Waals surface area contributed by atoms with Crippen molar-refractivity contribution in [3.63, 3.8) is 0 Å². The minimum Gasteiger partial charge on any atom is -0.383 e. The van der Waals surface area contributed by atoms with Crippen LogP contribution in [-0.4, -0.2) is 26.8 Å². The lowest BCUT2D eigenvalue weighted by atomic mass is 10.1. The van der Waals surface area contributed by atoms with Crippen LogP contribution in [0, 0.1) is 20.8 Å². The molecule has 0 unspecified atom stereocenters. The zero-order valence-corrected chi connectivity index (χ0v) is 15.1. The quantitative estimate of drug-likeness (QED) is 0.527. The molecule has 1 aromatic carbocycles. The van der Waals surface area contributed by atoms with E-state index >= 15 is 0 Å². The Morgan fingerprint density at radius 2 is 1.83 bits per heavy atom. The second-order valence-corrected chi connectivity index (χ2v) is 5.77. The van der Waals surface area contributed by atoms with Gasteiger partial charge in [-0.2, -0.15) is 0 Å². The van der Waals surface area contributed by atoms with E-state index in [-0.39, 0.29) is 0 Å². The first-order chi connectivity index (χ1) is 11.0. The Morgan fingerprint density at radius 3 is 2.39 bits per heavy atom. The van der Waals surface area contributed by atoms with Gasteiger partial charge in [0, 0.05) is 31.6 Å². The molecule has 0 spiro atoms. The fourth-order valence-electron chi connectivity index (χ4n) is 2.59. The van der Waals surface area contributed by atoms with E-state index in [1.54, 1.807) is 7.11 Å². The lowest BCUT2D eigenvalue weighted by molar-refractivity contribution is 0.227. The Kier molecular flexibility index (Phi) is 8.20. The maximum Gasteiger partial charge on any atom is 0.0727 e. The van der Waals surface area contributed by atoms with Crippen LogP contribution < -0.4 is 10.6 Å². The van der Waals surface area contributed by atoms with Crippen molar-refractivity contribution in [2.75, 3.05) is 32.1 Å². The predicted octanol–water partition coefficient (Wildman–Crippen LogP) is 4.28. The van der Waals surface area contributed by atoms with E-state index in [9.17, 15) is 0 Å². The topological polar surface area (TPSA) is 33.3 Å². The highest BCUT2D eigenvalue weighted by Gasteiger charge is 2.04. The Morgan fingerprint density at radius 1 is 1.17 bits per heavy atom. The summed E-state index contributed by atoms with van der Waals surface area (Å²) in [6, 6.07) is 4.42. The second kappa shape index (κ2) is 9.90. The number of methoxy groups -OCH3 is 1. The summed E-state index contributed by atoms with van der Waals surface area (Å²) >= 11 is 0.